The van der Waals surface area contributed by atoms with Crippen LogP contribution in [-0.2, 0) is 20.4 Å². The van der Waals surface area contributed by atoms with E-state index in [1.54, 1.807) is 6.08 Å². The minimum Gasteiger partial charge on any atom is -0.216 e. The van der Waals surface area contributed by atoms with Gasteiger partial charge in [-0.2, -0.15) is 13.2 Å². The van der Waals surface area contributed by atoms with Crippen molar-refractivity contribution >= 4 is 5.57 Å². The SMILES string of the molecule is C.FC(F)(F)[C-]1C=CC(c2ccccc2)=CC1.[Pd]. The van der Waals surface area contributed by atoms with Gasteiger partial charge in [-0.3, -0.25) is 0 Å². The van der Waals surface area contributed by atoms with Gasteiger partial charge in [0.05, 0.1) is 0 Å². The summed E-state index contributed by atoms with van der Waals surface area (Å²) < 4.78 is 37.1. The largest absolute Gasteiger partial charge is 0.346 e. The maximum absolute atomic E-state index is 12.4. The van der Waals surface area contributed by atoms with Gasteiger partial charge in [-0.25, -0.2) is 12.2 Å². The number of allylic oxidation sites excluding steroid dienone is 4. The number of benzene rings is 1. The molecule has 1 aromatic rings. The molecule has 0 aromatic heterocycles. The standard InChI is InChI=1S/C13H10F3.CH4.Pd/c14-13(15,16)12-8-6-11(7-9-12)10-4-2-1-3-5-10;;/h1-8H,9H2;1H4;/q-1;;. The van der Waals surface area contributed by atoms with E-state index in [9.17, 15) is 13.2 Å². The second-order valence-corrected chi connectivity index (χ2v) is 3.59. The third-order valence-electron chi connectivity index (χ3n) is 2.48. The van der Waals surface area contributed by atoms with E-state index in [4.69, 9.17) is 0 Å². The van der Waals surface area contributed by atoms with Gasteiger partial charge in [-0.1, -0.05) is 44.2 Å². The zero-order valence-electron chi connectivity index (χ0n) is 8.78. The van der Waals surface area contributed by atoms with Gasteiger partial charge >= 0.3 is 6.18 Å². The van der Waals surface area contributed by atoms with Crippen LogP contribution >= 0.6 is 0 Å². The van der Waals surface area contributed by atoms with Gasteiger partial charge in [0.2, 0.25) is 0 Å². The van der Waals surface area contributed by atoms with Crippen molar-refractivity contribution < 1.29 is 33.6 Å². The second-order valence-electron chi connectivity index (χ2n) is 3.59. The molecule has 0 saturated heterocycles. The summed E-state index contributed by atoms with van der Waals surface area (Å²) >= 11 is 0. The number of alkyl halides is 3. The van der Waals surface area contributed by atoms with Crippen LogP contribution in [-0.4, -0.2) is 6.18 Å². The third-order valence-corrected chi connectivity index (χ3v) is 2.48. The van der Waals surface area contributed by atoms with Crippen LogP contribution in [0.25, 0.3) is 5.57 Å². The molecule has 0 nitrogen and oxygen atoms in total. The molecule has 1 aromatic carbocycles. The fourth-order valence-corrected chi connectivity index (χ4v) is 1.60. The Labute approximate surface area is 119 Å². The van der Waals surface area contributed by atoms with Crippen LogP contribution in [0.5, 0.6) is 0 Å². The maximum Gasteiger partial charge on any atom is 0.346 e. The van der Waals surface area contributed by atoms with Gasteiger partial charge in [0.25, 0.3) is 0 Å². The van der Waals surface area contributed by atoms with Crippen molar-refractivity contribution in [1.29, 1.82) is 0 Å². The Hall–Kier alpha value is -0.978. The van der Waals surface area contributed by atoms with Crippen LogP contribution in [0.2, 0.25) is 0 Å². The fraction of sp³-hybridized carbons (Fsp3) is 0.214. The van der Waals surface area contributed by atoms with Crippen molar-refractivity contribution in [2.75, 3.05) is 0 Å². The zero-order valence-corrected chi connectivity index (χ0v) is 10.3. The molecule has 0 unspecified atom stereocenters. The summed E-state index contributed by atoms with van der Waals surface area (Å²) in [5.41, 5.74) is 1.79. The van der Waals surface area contributed by atoms with E-state index in [0.717, 1.165) is 17.2 Å². The summed E-state index contributed by atoms with van der Waals surface area (Å²) in [5.74, 6) is -0.493. The predicted molar refractivity (Wildman–Crippen MR) is 64.2 cm³/mol. The number of halogens is 3. The maximum atomic E-state index is 12.4. The first-order valence-electron chi connectivity index (χ1n) is 4.94. The Balaban J connectivity index is 0.00000144. The van der Waals surface area contributed by atoms with Gasteiger partial charge in [0.15, 0.2) is 0 Å². The molecule has 0 radical (unpaired) electrons. The molecule has 1 aliphatic rings. The Morgan fingerprint density at radius 1 is 1.06 bits per heavy atom. The molecular formula is C14H14F3Pd-. The van der Waals surface area contributed by atoms with E-state index in [1.165, 1.54) is 6.08 Å². The van der Waals surface area contributed by atoms with E-state index >= 15 is 0 Å². The predicted octanol–water partition coefficient (Wildman–Crippen LogP) is 4.80. The first-order valence-corrected chi connectivity index (χ1v) is 4.94. The van der Waals surface area contributed by atoms with Gasteiger partial charge in [-0.05, 0) is 5.56 Å². The molecular weight excluding hydrogens is 332 g/mol. The minimum absolute atomic E-state index is 0. The Kier molecular flexibility index (Phi) is 6.45. The van der Waals surface area contributed by atoms with Crippen molar-refractivity contribution in [3.63, 3.8) is 0 Å². The molecule has 0 aliphatic heterocycles. The van der Waals surface area contributed by atoms with Crippen molar-refractivity contribution in [2.24, 2.45) is 0 Å². The average molecular weight is 346 g/mol. The molecule has 0 saturated carbocycles. The fourth-order valence-electron chi connectivity index (χ4n) is 1.60. The number of hydrogen-bond acceptors (Lipinski definition) is 0. The molecule has 0 spiro atoms. The zero-order chi connectivity index (χ0) is 11.6. The van der Waals surface area contributed by atoms with Crippen LogP contribution < -0.4 is 0 Å². The van der Waals surface area contributed by atoms with E-state index in [1.807, 2.05) is 30.3 Å². The van der Waals surface area contributed by atoms with Crippen LogP contribution in [0.3, 0.4) is 0 Å². The smallest absolute Gasteiger partial charge is 0.216 e. The Bertz CT molecular complexity index is 418. The molecule has 0 fully saturated rings. The summed E-state index contributed by atoms with van der Waals surface area (Å²) in [5, 5.41) is 0. The van der Waals surface area contributed by atoms with Crippen LogP contribution in [0.1, 0.15) is 19.4 Å². The van der Waals surface area contributed by atoms with Gasteiger partial charge in [0, 0.05) is 20.4 Å². The first kappa shape index (κ1) is 17.0. The van der Waals surface area contributed by atoms with Crippen molar-refractivity contribution in [2.45, 2.75) is 20.0 Å². The second kappa shape index (κ2) is 6.82. The van der Waals surface area contributed by atoms with Crippen LogP contribution in [0.4, 0.5) is 13.2 Å². The van der Waals surface area contributed by atoms with Gasteiger partial charge in [-0.15, -0.1) is 17.6 Å². The summed E-state index contributed by atoms with van der Waals surface area (Å²) in [7, 11) is 0. The molecule has 0 bridgehead atoms. The number of hydrogen-bond donors (Lipinski definition) is 0. The van der Waals surface area contributed by atoms with Crippen LogP contribution in [0.15, 0.2) is 48.6 Å². The number of rotatable bonds is 1. The molecule has 4 heteroatoms. The quantitative estimate of drug-likeness (QED) is 0.506. The molecule has 2 rings (SSSR count). The third kappa shape index (κ3) is 4.05. The van der Waals surface area contributed by atoms with Crippen LogP contribution in [0, 0.1) is 5.92 Å². The van der Waals surface area contributed by atoms with Gasteiger partial charge in [0.1, 0.15) is 0 Å². The van der Waals surface area contributed by atoms with E-state index < -0.39 is 12.1 Å². The summed E-state index contributed by atoms with van der Waals surface area (Å²) in [6.07, 6.45) is 0.0155. The van der Waals surface area contributed by atoms with E-state index in [0.29, 0.717) is 0 Å². The Morgan fingerprint density at radius 3 is 2.11 bits per heavy atom. The summed E-state index contributed by atoms with van der Waals surface area (Å²) in [6.45, 7) is 0. The molecule has 0 heterocycles. The molecule has 0 amide bonds. The summed E-state index contributed by atoms with van der Waals surface area (Å²) in [4.78, 5) is 0. The normalized spacial score (nSPS) is 14.4. The average Bonchev–Trinajstić information content (AvgIpc) is 2.29. The molecule has 0 N–H and O–H groups in total. The monoisotopic (exact) mass is 345 g/mol. The first-order chi connectivity index (χ1) is 7.57. The molecule has 0 atom stereocenters. The summed E-state index contributed by atoms with van der Waals surface area (Å²) in [6, 6.07) is 9.38. The Morgan fingerprint density at radius 2 is 1.67 bits per heavy atom. The van der Waals surface area contributed by atoms with Gasteiger partial charge < -0.3 is 0 Å². The van der Waals surface area contributed by atoms with Crippen molar-refractivity contribution in [3.05, 3.63) is 60.0 Å². The van der Waals surface area contributed by atoms with Crippen molar-refractivity contribution in [3.8, 4) is 0 Å². The topological polar surface area (TPSA) is 0 Å². The van der Waals surface area contributed by atoms with E-state index in [-0.39, 0.29) is 34.3 Å². The molecule has 1 aliphatic carbocycles. The van der Waals surface area contributed by atoms with Crippen molar-refractivity contribution in [1.82, 2.24) is 0 Å². The minimum atomic E-state index is -4.21. The molecule has 18 heavy (non-hydrogen) atoms. The van der Waals surface area contributed by atoms with E-state index in [2.05, 4.69) is 0 Å². The molecule has 102 valence electrons.